The van der Waals surface area contributed by atoms with E-state index in [1.807, 2.05) is 13.8 Å². The molecule has 0 amide bonds. The van der Waals surface area contributed by atoms with Crippen molar-refractivity contribution in [3.8, 4) is 0 Å². The number of aromatic nitrogens is 1. The molecule has 4 nitrogen and oxygen atoms in total. The number of anilines is 1. The number of nitrogens with zero attached hydrogens (tertiary/aromatic N) is 2. The van der Waals surface area contributed by atoms with Gasteiger partial charge in [-0.15, -0.1) is 0 Å². The molecule has 1 aliphatic rings. The predicted octanol–water partition coefficient (Wildman–Crippen LogP) is 4.12. The molecule has 0 atom stereocenters. The molecular formula is C15H24N2O2S. The van der Waals surface area contributed by atoms with E-state index in [9.17, 15) is 9.90 Å². The van der Waals surface area contributed by atoms with Crippen molar-refractivity contribution in [3.05, 3.63) is 10.6 Å². The van der Waals surface area contributed by atoms with E-state index in [1.165, 1.54) is 49.9 Å². The highest BCUT2D eigenvalue weighted by Gasteiger charge is 2.24. The first-order chi connectivity index (χ1) is 9.50. The molecule has 1 N–H and O–H groups in total. The molecule has 1 aromatic heterocycles. The van der Waals surface area contributed by atoms with E-state index in [4.69, 9.17) is 0 Å². The van der Waals surface area contributed by atoms with Crippen LogP contribution in [0.4, 0.5) is 5.13 Å². The van der Waals surface area contributed by atoms with Crippen molar-refractivity contribution in [1.29, 1.82) is 0 Å². The number of thiazole rings is 1. The Morgan fingerprint density at radius 2 is 1.90 bits per heavy atom. The third-order valence-corrected chi connectivity index (χ3v) is 5.21. The molecule has 0 aromatic carbocycles. The fourth-order valence-electron chi connectivity index (χ4n) is 2.82. The summed E-state index contributed by atoms with van der Waals surface area (Å²) in [5.41, 5.74) is 0.720. The van der Waals surface area contributed by atoms with Gasteiger partial charge in [0, 0.05) is 13.1 Å². The molecule has 5 heteroatoms. The Labute approximate surface area is 124 Å². The largest absolute Gasteiger partial charge is 0.477 e. The summed E-state index contributed by atoms with van der Waals surface area (Å²) < 4.78 is 0. The molecule has 0 saturated heterocycles. The number of hydrogen-bond donors (Lipinski definition) is 1. The fraction of sp³-hybridized carbons (Fsp3) is 0.733. The molecule has 0 unspecified atom stereocenters. The molecule has 0 radical (unpaired) electrons. The minimum Gasteiger partial charge on any atom is -0.477 e. The van der Waals surface area contributed by atoms with Crippen LogP contribution in [0.15, 0.2) is 0 Å². The zero-order chi connectivity index (χ0) is 14.7. The van der Waals surface area contributed by atoms with E-state index in [1.54, 1.807) is 0 Å². The van der Waals surface area contributed by atoms with Crippen LogP contribution in [0.1, 0.15) is 73.7 Å². The standard InChI is InChI=1S/C15H24N2O2S/c1-10(2)12-13(14(18)19)20-15(16-12)17(3)11-8-6-4-5-7-9-11/h10-11H,4-9H2,1-3H3,(H,18,19). The quantitative estimate of drug-likeness (QED) is 0.849. The van der Waals surface area contributed by atoms with Crippen molar-refractivity contribution in [1.82, 2.24) is 4.98 Å². The molecule has 1 aromatic rings. The fourth-order valence-corrected chi connectivity index (χ4v) is 3.91. The van der Waals surface area contributed by atoms with Gasteiger partial charge in [-0.25, -0.2) is 9.78 Å². The van der Waals surface area contributed by atoms with Crippen molar-refractivity contribution < 1.29 is 9.90 Å². The van der Waals surface area contributed by atoms with E-state index in [0.717, 1.165) is 10.8 Å². The SMILES string of the molecule is CC(C)c1nc(N(C)C2CCCCCC2)sc1C(=O)O. The topological polar surface area (TPSA) is 53.4 Å². The number of carboxylic acid groups (broad SMARTS) is 1. The van der Waals surface area contributed by atoms with Crippen LogP contribution >= 0.6 is 11.3 Å². The van der Waals surface area contributed by atoms with Crippen molar-refractivity contribution in [2.24, 2.45) is 0 Å². The predicted molar refractivity (Wildman–Crippen MR) is 83.1 cm³/mol. The zero-order valence-corrected chi connectivity index (χ0v) is 13.4. The van der Waals surface area contributed by atoms with Crippen molar-refractivity contribution >= 4 is 22.4 Å². The zero-order valence-electron chi connectivity index (χ0n) is 12.6. The lowest BCUT2D eigenvalue weighted by Gasteiger charge is -2.26. The van der Waals surface area contributed by atoms with Gasteiger partial charge in [0.15, 0.2) is 5.13 Å². The molecule has 2 rings (SSSR count). The van der Waals surface area contributed by atoms with Gasteiger partial charge in [-0.2, -0.15) is 0 Å². The van der Waals surface area contributed by atoms with Crippen LogP contribution in [0, 0.1) is 0 Å². The lowest BCUT2D eigenvalue weighted by atomic mass is 10.1. The van der Waals surface area contributed by atoms with Crippen molar-refractivity contribution in [2.75, 3.05) is 11.9 Å². The second-order valence-corrected chi connectivity index (χ2v) is 6.90. The monoisotopic (exact) mass is 296 g/mol. The van der Waals surface area contributed by atoms with Gasteiger partial charge in [0.25, 0.3) is 0 Å². The highest BCUT2D eigenvalue weighted by atomic mass is 32.1. The molecule has 0 spiro atoms. The number of carbonyl (C=O) groups is 1. The van der Waals surface area contributed by atoms with E-state index in [2.05, 4.69) is 16.9 Å². The Morgan fingerprint density at radius 1 is 1.30 bits per heavy atom. The number of hydrogen-bond acceptors (Lipinski definition) is 4. The molecule has 1 fully saturated rings. The average molecular weight is 296 g/mol. The van der Waals surface area contributed by atoms with E-state index in [0.29, 0.717) is 10.9 Å². The maximum atomic E-state index is 11.3. The van der Waals surface area contributed by atoms with Crippen LogP contribution in [0.2, 0.25) is 0 Å². The maximum absolute atomic E-state index is 11.3. The van der Waals surface area contributed by atoms with E-state index < -0.39 is 5.97 Å². The van der Waals surface area contributed by atoms with Gasteiger partial charge in [-0.05, 0) is 18.8 Å². The lowest BCUT2D eigenvalue weighted by Crippen LogP contribution is -2.30. The molecular weight excluding hydrogens is 272 g/mol. The summed E-state index contributed by atoms with van der Waals surface area (Å²) in [5, 5.41) is 10.2. The highest BCUT2D eigenvalue weighted by Crippen LogP contribution is 2.33. The summed E-state index contributed by atoms with van der Waals surface area (Å²) in [6, 6.07) is 0.505. The van der Waals surface area contributed by atoms with Crippen molar-refractivity contribution in [3.63, 3.8) is 0 Å². The number of rotatable bonds is 4. The van der Waals surface area contributed by atoms with Crippen LogP contribution in [-0.4, -0.2) is 29.1 Å². The molecule has 1 saturated carbocycles. The van der Waals surface area contributed by atoms with Crippen molar-refractivity contribution in [2.45, 2.75) is 64.3 Å². The molecule has 1 aliphatic carbocycles. The Kier molecular flexibility index (Phi) is 5.02. The normalized spacial score (nSPS) is 17.2. The Morgan fingerprint density at radius 3 is 2.35 bits per heavy atom. The van der Waals surface area contributed by atoms with Gasteiger partial charge < -0.3 is 10.0 Å². The first-order valence-electron chi connectivity index (χ1n) is 7.47. The number of carboxylic acids is 1. The lowest BCUT2D eigenvalue weighted by molar-refractivity contribution is 0.0700. The molecule has 112 valence electrons. The first kappa shape index (κ1) is 15.3. The smallest absolute Gasteiger partial charge is 0.347 e. The number of aromatic carboxylic acids is 1. The molecule has 1 heterocycles. The average Bonchev–Trinajstić information content (AvgIpc) is 2.68. The second kappa shape index (κ2) is 6.57. The maximum Gasteiger partial charge on any atom is 0.347 e. The Hall–Kier alpha value is -1.10. The van der Waals surface area contributed by atoms with Gasteiger partial charge in [0.1, 0.15) is 4.88 Å². The third-order valence-electron chi connectivity index (χ3n) is 4.06. The summed E-state index contributed by atoms with van der Waals surface area (Å²) in [4.78, 5) is 18.5. The van der Waals surface area contributed by atoms with Crippen LogP contribution in [0.3, 0.4) is 0 Å². The molecule has 0 bridgehead atoms. The van der Waals surface area contributed by atoms with Crippen LogP contribution in [0.25, 0.3) is 0 Å². The second-order valence-electron chi connectivity index (χ2n) is 5.93. The summed E-state index contributed by atoms with van der Waals surface area (Å²) in [6.45, 7) is 3.99. The summed E-state index contributed by atoms with van der Waals surface area (Å²) in [6.07, 6.45) is 7.55. The van der Waals surface area contributed by atoms with Crippen LogP contribution in [0.5, 0.6) is 0 Å². The third kappa shape index (κ3) is 3.32. The van der Waals surface area contributed by atoms with Gasteiger partial charge in [-0.1, -0.05) is 50.9 Å². The van der Waals surface area contributed by atoms with Gasteiger partial charge >= 0.3 is 5.97 Å². The van der Waals surface area contributed by atoms with Gasteiger partial charge in [0.2, 0.25) is 0 Å². The molecule has 0 aliphatic heterocycles. The van der Waals surface area contributed by atoms with E-state index >= 15 is 0 Å². The van der Waals surface area contributed by atoms with Gasteiger partial charge in [-0.3, -0.25) is 0 Å². The van der Waals surface area contributed by atoms with E-state index in [-0.39, 0.29) is 5.92 Å². The minimum absolute atomic E-state index is 0.147. The summed E-state index contributed by atoms with van der Waals surface area (Å²) >= 11 is 1.32. The van der Waals surface area contributed by atoms with Crippen LogP contribution < -0.4 is 4.90 Å². The summed E-state index contributed by atoms with van der Waals surface area (Å²) in [7, 11) is 2.06. The first-order valence-corrected chi connectivity index (χ1v) is 8.29. The minimum atomic E-state index is -0.855. The Balaban J connectivity index is 2.22. The molecule has 20 heavy (non-hydrogen) atoms. The Bertz CT molecular complexity index is 462. The highest BCUT2D eigenvalue weighted by molar-refractivity contribution is 7.17. The summed E-state index contributed by atoms with van der Waals surface area (Å²) in [5.74, 6) is -0.708. The van der Waals surface area contributed by atoms with Crippen LogP contribution in [-0.2, 0) is 0 Å². The van der Waals surface area contributed by atoms with Gasteiger partial charge in [0.05, 0.1) is 5.69 Å².